The van der Waals surface area contributed by atoms with Crippen molar-refractivity contribution in [2.75, 3.05) is 12.8 Å². The lowest BCUT2D eigenvalue weighted by atomic mass is 10.1. The van der Waals surface area contributed by atoms with E-state index >= 15 is 0 Å². The van der Waals surface area contributed by atoms with Crippen molar-refractivity contribution in [3.63, 3.8) is 0 Å². The third-order valence-electron chi connectivity index (χ3n) is 3.25. The third kappa shape index (κ3) is 3.25. The minimum atomic E-state index is -0.365. The second kappa shape index (κ2) is 6.17. The highest BCUT2D eigenvalue weighted by molar-refractivity contribution is 5.97. The zero-order valence-corrected chi connectivity index (χ0v) is 12.0. The SMILES string of the molecule is COc1cccc(C(=O)NC(C)c2ccc(N)cc2)c1O. The highest BCUT2D eigenvalue weighted by atomic mass is 16.5. The Hall–Kier alpha value is -2.69. The highest BCUT2D eigenvalue weighted by Crippen LogP contribution is 2.29. The van der Waals surface area contributed by atoms with E-state index in [1.807, 2.05) is 19.1 Å². The number of amides is 1. The number of hydrogen-bond acceptors (Lipinski definition) is 4. The van der Waals surface area contributed by atoms with Crippen molar-refractivity contribution < 1.29 is 14.6 Å². The van der Waals surface area contributed by atoms with Crippen molar-refractivity contribution in [2.45, 2.75) is 13.0 Å². The molecule has 1 atom stereocenters. The number of anilines is 1. The van der Waals surface area contributed by atoms with Crippen LogP contribution in [0.4, 0.5) is 5.69 Å². The van der Waals surface area contributed by atoms with E-state index in [1.165, 1.54) is 7.11 Å². The van der Waals surface area contributed by atoms with Crippen LogP contribution in [0.1, 0.15) is 28.9 Å². The standard InChI is InChI=1S/C16H18N2O3/c1-10(11-6-8-12(17)9-7-11)18-16(20)13-4-3-5-14(21-2)15(13)19/h3-10,19H,17H2,1-2H3,(H,18,20). The number of para-hydroxylation sites is 1. The van der Waals surface area contributed by atoms with Gasteiger partial charge in [0, 0.05) is 5.69 Å². The van der Waals surface area contributed by atoms with Gasteiger partial charge in [0.15, 0.2) is 11.5 Å². The average molecular weight is 286 g/mol. The topological polar surface area (TPSA) is 84.6 Å². The molecule has 2 aromatic rings. The van der Waals surface area contributed by atoms with Crippen molar-refractivity contribution >= 4 is 11.6 Å². The van der Waals surface area contributed by atoms with Gasteiger partial charge in [0.1, 0.15) is 0 Å². The lowest BCUT2D eigenvalue weighted by Gasteiger charge is -2.15. The first-order valence-corrected chi connectivity index (χ1v) is 6.55. The van der Waals surface area contributed by atoms with E-state index in [0.717, 1.165) is 5.56 Å². The van der Waals surface area contributed by atoms with Crippen LogP contribution in [-0.2, 0) is 0 Å². The Kier molecular flexibility index (Phi) is 4.33. The quantitative estimate of drug-likeness (QED) is 0.754. The molecule has 0 saturated carbocycles. The van der Waals surface area contributed by atoms with Crippen LogP contribution in [0.3, 0.4) is 0 Å². The first-order valence-electron chi connectivity index (χ1n) is 6.55. The molecule has 1 amide bonds. The zero-order chi connectivity index (χ0) is 15.4. The number of methoxy groups -OCH3 is 1. The van der Waals surface area contributed by atoms with E-state index in [0.29, 0.717) is 5.69 Å². The monoisotopic (exact) mass is 286 g/mol. The van der Waals surface area contributed by atoms with Gasteiger partial charge in [0.05, 0.1) is 18.7 Å². The van der Waals surface area contributed by atoms with Gasteiger partial charge in [0.2, 0.25) is 0 Å². The molecule has 1 unspecified atom stereocenters. The molecule has 0 bridgehead atoms. The molecule has 0 fully saturated rings. The molecule has 110 valence electrons. The van der Waals surface area contributed by atoms with Crippen molar-refractivity contribution in [3.8, 4) is 11.5 Å². The van der Waals surface area contributed by atoms with Gasteiger partial charge in [-0.05, 0) is 36.8 Å². The molecule has 0 saturated heterocycles. The molecule has 0 radical (unpaired) electrons. The number of carbonyl (C=O) groups excluding carboxylic acids is 1. The number of hydrogen-bond donors (Lipinski definition) is 3. The van der Waals surface area contributed by atoms with Gasteiger partial charge in [-0.2, -0.15) is 0 Å². The molecule has 0 heterocycles. The predicted octanol–water partition coefficient (Wildman–Crippen LogP) is 2.47. The molecule has 0 aliphatic rings. The normalized spacial score (nSPS) is 11.7. The molecule has 0 spiro atoms. The van der Waals surface area contributed by atoms with Gasteiger partial charge < -0.3 is 20.9 Å². The fourth-order valence-electron chi connectivity index (χ4n) is 2.01. The molecule has 21 heavy (non-hydrogen) atoms. The summed E-state index contributed by atoms with van der Waals surface area (Å²) in [6.07, 6.45) is 0. The summed E-state index contributed by atoms with van der Waals surface area (Å²) < 4.78 is 4.99. The molecular formula is C16H18N2O3. The maximum Gasteiger partial charge on any atom is 0.255 e. The lowest BCUT2D eigenvalue weighted by Crippen LogP contribution is -2.26. The van der Waals surface area contributed by atoms with E-state index in [9.17, 15) is 9.90 Å². The minimum absolute atomic E-state index is 0.165. The second-order valence-corrected chi connectivity index (χ2v) is 4.72. The number of nitrogens with two attached hydrogens (primary N) is 1. The molecule has 0 aliphatic heterocycles. The number of nitrogen functional groups attached to an aromatic ring is 1. The lowest BCUT2D eigenvalue weighted by molar-refractivity contribution is 0.0936. The molecule has 0 aromatic heterocycles. The molecule has 0 aliphatic carbocycles. The average Bonchev–Trinajstić information content (AvgIpc) is 2.48. The van der Waals surface area contributed by atoms with Crippen molar-refractivity contribution in [1.82, 2.24) is 5.32 Å². The summed E-state index contributed by atoms with van der Waals surface area (Å²) >= 11 is 0. The summed E-state index contributed by atoms with van der Waals surface area (Å²) in [6.45, 7) is 1.86. The van der Waals surface area contributed by atoms with E-state index < -0.39 is 0 Å². The maximum absolute atomic E-state index is 12.2. The van der Waals surface area contributed by atoms with Gasteiger partial charge in [-0.1, -0.05) is 18.2 Å². The Bertz CT molecular complexity index is 638. The number of phenols is 1. The number of ether oxygens (including phenoxy) is 1. The fourth-order valence-corrected chi connectivity index (χ4v) is 2.01. The van der Waals surface area contributed by atoms with Crippen LogP contribution < -0.4 is 15.8 Å². The summed E-state index contributed by atoms with van der Waals surface area (Å²) in [5.41, 5.74) is 7.41. The number of benzene rings is 2. The molecule has 2 aromatic carbocycles. The summed E-state index contributed by atoms with van der Waals surface area (Å²) in [6, 6.07) is 11.8. The number of phenolic OH excluding ortho intramolecular Hbond substituents is 1. The number of rotatable bonds is 4. The smallest absolute Gasteiger partial charge is 0.255 e. The predicted molar refractivity (Wildman–Crippen MR) is 81.4 cm³/mol. The maximum atomic E-state index is 12.2. The second-order valence-electron chi connectivity index (χ2n) is 4.72. The van der Waals surface area contributed by atoms with Crippen molar-refractivity contribution in [1.29, 1.82) is 0 Å². The van der Waals surface area contributed by atoms with Gasteiger partial charge in [-0.3, -0.25) is 4.79 Å². The van der Waals surface area contributed by atoms with Crippen LogP contribution in [0.2, 0.25) is 0 Å². The van der Waals surface area contributed by atoms with E-state index in [4.69, 9.17) is 10.5 Å². The molecule has 5 heteroatoms. The Morgan fingerprint density at radius 2 is 1.90 bits per heavy atom. The van der Waals surface area contributed by atoms with Crippen LogP contribution in [0.5, 0.6) is 11.5 Å². The molecule has 5 nitrogen and oxygen atoms in total. The largest absolute Gasteiger partial charge is 0.504 e. The number of carbonyl (C=O) groups is 1. The third-order valence-corrected chi connectivity index (χ3v) is 3.25. The van der Waals surface area contributed by atoms with Crippen LogP contribution in [-0.4, -0.2) is 18.1 Å². The number of nitrogens with one attached hydrogen (secondary N) is 1. The molecule has 4 N–H and O–H groups in total. The van der Waals surface area contributed by atoms with Crippen LogP contribution in [0, 0.1) is 0 Å². The summed E-state index contributed by atoms with van der Waals surface area (Å²) in [5.74, 6) is -0.263. The van der Waals surface area contributed by atoms with Gasteiger partial charge in [-0.25, -0.2) is 0 Å². The fraction of sp³-hybridized carbons (Fsp3) is 0.188. The van der Waals surface area contributed by atoms with Gasteiger partial charge in [-0.15, -0.1) is 0 Å². The Balaban J connectivity index is 2.16. The van der Waals surface area contributed by atoms with Crippen molar-refractivity contribution in [2.24, 2.45) is 0 Å². The number of aromatic hydroxyl groups is 1. The van der Waals surface area contributed by atoms with Crippen molar-refractivity contribution in [3.05, 3.63) is 53.6 Å². The Morgan fingerprint density at radius 3 is 2.52 bits per heavy atom. The Labute approximate surface area is 123 Å². The van der Waals surface area contributed by atoms with E-state index in [1.54, 1.807) is 30.3 Å². The first kappa shape index (κ1) is 14.7. The van der Waals surface area contributed by atoms with Crippen LogP contribution >= 0.6 is 0 Å². The van der Waals surface area contributed by atoms with E-state index in [-0.39, 0.29) is 29.0 Å². The van der Waals surface area contributed by atoms with Gasteiger partial charge in [0.25, 0.3) is 5.91 Å². The van der Waals surface area contributed by atoms with Crippen LogP contribution in [0.15, 0.2) is 42.5 Å². The zero-order valence-electron chi connectivity index (χ0n) is 12.0. The van der Waals surface area contributed by atoms with Gasteiger partial charge >= 0.3 is 0 Å². The molecular weight excluding hydrogens is 268 g/mol. The Morgan fingerprint density at radius 1 is 1.24 bits per heavy atom. The minimum Gasteiger partial charge on any atom is -0.504 e. The van der Waals surface area contributed by atoms with Crippen LogP contribution in [0.25, 0.3) is 0 Å². The first-order chi connectivity index (χ1) is 10.0. The summed E-state index contributed by atoms with van der Waals surface area (Å²) in [5, 5.41) is 12.8. The summed E-state index contributed by atoms with van der Waals surface area (Å²) in [7, 11) is 1.44. The molecule has 2 rings (SSSR count). The highest BCUT2D eigenvalue weighted by Gasteiger charge is 2.17. The van der Waals surface area contributed by atoms with E-state index in [2.05, 4.69) is 5.32 Å². The summed E-state index contributed by atoms with van der Waals surface area (Å²) in [4.78, 5) is 12.2.